The molecule has 0 aromatic heterocycles. The molecule has 0 saturated carbocycles. The summed E-state index contributed by atoms with van der Waals surface area (Å²) in [6, 6.07) is 27.9. The van der Waals surface area contributed by atoms with Crippen molar-refractivity contribution in [2.75, 3.05) is 0 Å². The molecule has 0 N–H and O–H groups in total. The number of rotatable bonds is 5. The quantitative estimate of drug-likeness (QED) is 0.535. The van der Waals surface area contributed by atoms with E-state index in [2.05, 4.69) is 86.6 Å². The van der Waals surface area contributed by atoms with Crippen LogP contribution in [0.4, 0.5) is 0 Å². The van der Waals surface area contributed by atoms with Crippen LogP contribution in [0.3, 0.4) is 0 Å². The number of benzene rings is 3. The molecular formula is C23H23N. The smallest absolute Gasteiger partial charge is 0.0995 e. The summed E-state index contributed by atoms with van der Waals surface area (Å²) in [5, 5.41) is 0. The fraction of sp³-hybridized carbons (Fsp3) is 0.174. The fourth-order valence-electron chi connectivity index (χ4n) is 2.74. The number of aliphatic imine (C=N–C) groups is 1. The van der Waals surface area contributed by atoms with Crippen LogP contribution in [0.5, 0.6) is 0 Å². The fourth-order valence-corrected chi connectivity index (χ4v) is 2.74. The minimum absolute atomic E-state index is 0.0508. The van der Waals surface area contributed by atoms with Crippen molar-refractivity contribution in [3.63, 3.8) is 0 Å². The van der Waals surface area contributed by atoms with Crippen molar-refractivity contribution < 1.29 is 0 Å². The van der Waals surface area contributed by atoms with Gasteiger partial charge in [0, 0.05) is 12.6 Å². The van der Waals surface area contributed by atoms with E-state index in [4.69, 9.17) is 4.99 Å². The molecule has 1 heteroatoms. The summed E-state index contributed by atoms with van der Waals surface area (Å²) in [4.78, 5) is 4.89. The van der Waals surface area contributed by atoms with Gasteiger partial charge in [-0.05, 0) is 30.5 Å². The van der Waals surface area contributed by atoms with E-state index in [9.17, 15) is 0 Å². The molecule has 0 amide bonds. The van der Waals surface area contributed by atoms with Gasteiger partial charge in [-0.2, -0.15) is 0 Å². The zero-order valence-electron chi connectivity index (χ0n) is 14.3. The Hall–Kier alpha value is -2.67. The van der Waals surface area contributed by atoms with Crippen LogP contribution in [0.15, 0.2) is 83.9 Å². The van der Waals surface area contributed by atoms with Crippen LogP contribution in [0, 0.1) is 13.8 Å². The van der Waals surface area contributed by atoms with Gasteiger partial charge in [0.2, 0.25) is 0 Å². The molecule has 24 heavy (non-hydrogen) atoms. The van der Waals surface area contributed by atoms with Gasteiger partial charge in [-0.1, -0.05) is 90.0 Å². The highest BCUT2D eigenvalue weighted by Gasteiger charge is 2.11. The molecule has 0 bridgehead atoms. The summed E-state index contributed by atoms with van der Waals surface area (Å²) in [6.45, 7) is 4.23. The molecule has 0 aliphatic heterocycles. The van der Waals surface area contributed by atoms with Gasteiger partial charge in [-0.25, -0.2) is 0 Å². The zero-order valence-corrected chi connectivity index (χ0v) is 14.3. The minimum atomic E-state index is 0.0508. The van der Waals surface area contributed by atoms with Crippen molar-refractivity contribution in [2.24, 2.45) is 4.99 Å². The maximum Gasteiger partial charge on any atom is 0.0995 e. The Morgan fingerprint density at radius 3 is 1.71 bits per heavy atom. The molecule has 0 fully saturated rings. The van der Waals surface area contributed by atoms with E-state index in [0.717, 1.165) is 6.42 Å². The topological polar surface area (TPSA) is 12.4 Å². The molecule has 1 nitrogen and oxygen atoms in total. The van der Waals surface area contributed by atoms with E-state index >= 15 is 0 Å². The third kappa shape index (κ3) is 4.20. The lowest BCUT2D eigenvalue weighted by Gasteiger charge is -2.14. The third-order valence-corrected chi connectivity index (χ3v) is 4.21. The molecule has 3 aromatic rings. The second-order valence-electron chi connectivity index (χ2n) is 6.25. The SMILES string of the molecule is Cc1ccc(C(N=CCc2ccccc2)c2ccc(C)cc2)cc1. The third-order valence-electron chi connectivity index (χ3n) is 4.21. The van der Waals surface area contributed by atoms with Crippen molar-refractivity contribution in [1.29, 1.82) is 0 Å². The summed E-state index contributed by atoms with van der Waals surface area (Å²) in [5.41, 5.74) is 6.29. The Balaban J connectivity index is 1.86. The molecule has 0 radical (unpaired) electrons. The van der Waals surface area contributed by atoms with Crippen molar-refractivity contribution >= 4 is 6.21 Å². The van der Waals surface area contributed by atoms with E-state index in [0.29, 0.717) is 0 Å². The maximum atomic E-state index is 4.89. The average Bonchev–Trinajstić information content (AvgIpc) is 2.62. The Kier molecular flexibility index (Phi) is 5.22. The summed E-state index contributed by atoms with van der Waals surface area (Å²) < 4.78 is 0. The summed E-state index contributed by atoms with van der Waals surface area (Å²) in [6.07, 6.45) is 2.90. The first kappa shape index (κ1) is 16.2. The summed E-state index contributed by atoms with van der Waals surface area (Å²) >= 11 is 0. The highest BCUT2D eigenvalue weighted by molar-refractivity contribution is 5.62. The number of hydrogen-bond acceptors (Lipinski definition) is 1. The van der Waals surface area contributed by atoms with Crippen LogP contribution in [-0.2, 0) is 6.42 Å². The predicted molar refractivity (Wildman–Crippen MR) is 103 cm³/mol. The lowest BCUT2D eigenvalue weighted by Crippen LogP contribution is -2.00. The highest BCUT2D eigenvalue weighted by atomic mass is 14.8. The van der Waals surface area contributed by atoms with E-state index in [1.165, 1.54) is 27.8 Å². The molecule has 0 atom stereocenters. The first-order valence-electron chi connectivity index (χ1n) is 8.41. The van der Waals surface area contributed by atoms with Gasteiger partial charge in [0.05, 0.1) is 6.04 Å². The van der Waals surface area contributed by atoms with Crippen molar-refractivity contribution in [3.05, 3.63) is 107 Å². The maximum absolute atomic E-state index is 4.89. The molecule has 3 aromatic carbocycles. The Bertz CT molecular complexity index is 738. The van der Waals surface area contributed by atoms with Gasteiger partial charge in [0.25, 0.3) is 0 Å². The molecule has 0 spiro atoms. The van der Waals surface area contributed by atoms with Crippen LogP contribution >= 0.6 is 0 Å². The highest BCUT2D eigenvalue weighted by Crippen LogP contribution is 2.26. The Morgan fingerprint density at radius 1 is 0.708 bits per heavy atom. The predicted octanol–water partition coefficient (Wildman–Crippen LogP) is 5.71. The molecule has 0 aliphatic rings. The lowest BCUT2D eigenvalue weighted by molar-refractivity contribution is 0.873. The van der Waals surface area contributed by atoms with Gasteiger partial charge in [0.1, 0.15) is 0 Å². The molecule has 3 rings (SSSR count). The van der Waals surface area contributed by atoms with Gasteiger partial charge in [-0.3, -0.25) is 4.99 Å². The minimum Gasteiger partial charge on any atom is -0.284 e. The number of hydrogen-bond donors (Lipinski definition) is 0. The second-order valence-corrected chi connectivity index (χ2v) is 6.25. The van der Waals surface area contributed by atoms with Crippen LogP contribution in [-0.4, -0.2) is 6.21 Å². The lowest BCUT2D eigenvalue weighted by atomic mass is 9.97. The molecule has 0 heterocycles. The zero-order chi connectivity index (χ0) is 16.8. The Morgan fingerprint density at radius 2 is 1.21 bits per heavy atom. The Labute approximate surface area is 144 Å². The monoisotopic (exact) mass is 313 g/mol. The molecule has 0 aliphatic carbocycles. The van der Waals surface area contributed by atoms with Crippen LogP contribution in [0.25, 0.3) is 0 Å². The van der Waals surface area contributed by atoms with Gasteiger partial charge >= 0.3 is 0 Å². The van der Waals surface area contributed by atoms with Crippen LogP contribution in [0.2, 0.25) is 0 Å². The molecule has 120 valence electrons. The van der Waals surface area contributed by atoms with E-state index in [1.807, 2.05) is 12.3 Å². The van der Waals surface area contributed by atoms with Crippen LogP contribution in [0.1, 0.15) is 33.9 Å². The normalized spacial score (nSPS) is 11.3. The van der Waals surface area contributed by atoms with Gasteiger partial charge in [0.15, 0.2) is 0 Å². The number of aryl methyl sites for hydroxylation is 2. The average molecular weight is 313 g/mol. The standard InChI is InChI=1S/C23H23N/c1-18-8-12-21(13-9-18)23(22-14-10-19(2)11-15-22)24-17-16-20-6-4-3-5-7-20/h3-15,17,23H,16H2,1-2H3. The van der Waals surface area contributed by atoms with Crippen LogP contribution < -0.4 is 0 Å². The molecule has 0 saturated heterocycles. The van der Waals surface area contributed by atoms with Crippen molar-refractivity contribution in [3.8, 4) is 0 Å². The van der Waals surface area contributed by atoms with Crippen molar-refractivity contribution in [1.82, 2.24) is 0 Å². The van der Waals surface area contributed by atoms with Crippen molar-refractivity contribution in [2.45, 2.75) is 26.3 Å². The first-order chi connectivity index (χ1) is 11.7. The van der Waals surface area contributed by atoms with Gasteiger partial charge < -0.3 is 0 Å². The van der Waals surface area contributed by atoms with E-state index in [1.54, 1.807) is 0 Å². The summed E-state index contributed by atoms with van der Waals surface area (Å²) in [7, 11) is 0. The second kappa shape index (κ2) is 7.74. The molecule has 0 unspecified atom stereocenters. The largest absolute Gasteiger partial charge is 0.284 e. The number of nitrogens with zero attached hydrogens (tertiary/aromatic N) is 1. The molecular weight excluding hydrogens is 290 g/mol. The van der Waals surface area contributed by atoms with Gasteiger partial charge in [-0.15, -0.1) is 0 Å². The van der Waals surface area contributed by atoms with E-state index < -0.39 is 0 Å². The first-order valence-corrected chi connectivity index (χ1v) is 8.41. The van der Waals surface area contributed by atoms with E-state index in [-0.39, 0.29) is 6.04 Å². The summed E-state index contributed by atoms with van der Waals surface area (Å²) in [5.74, 6) is 0.